The standard InChI is InChI=1S/C42H50N6O6Si/c1-28-40(55(2,3)53)36(21-24-45-27-34(43-44-45)39(51)30-11-5-4-6-12-30)54-42(28)33-25-32(47-23-10-8-14-38(47)50)19-20-35(33)48(41(42)52)26-29-15-17-31(18-16-29)46-22-9-7-13-37(46)49/h4-6,11-12,15-20,25,27-28,36,39-40,51,53H,7-10,13-14,21-24,26H2,1-3H3/t28-,36+,39-,40-,42+/m1/s1. The van der Waals surface area contributed by atoms with Gasteiger partial charge in [0.1, 0.15) is 11.8 Å². The van der Waals surface area contributed by atoms with Gasteiger partial charge in [0.05, 0.1) is 24.5 Å². The van der Waals surface area contributed by atoms with Gasteiger partial charge in [0.15, 0.2) is 13.9 Å². The van der Waals surface area contributed by atoms with Crippen molar-refractivity contribution in [1.29, 1.82) is 0 Å². The largest absolute Gasteiger partial charge is 0.432 e. The number of hydrogen-bond donors (Lipinski definition) is 2. The lowest BCUT2D eigenvalue weighted by atomic mass is 9.82. The average molecular weight is 763 g/mol. The number of ether oxygens (including phenoxy) is 1. The Hall–Kier alpha value is -4.69. The van der Waals surface area contributed by atoms with Gasteiger partial charge in [-0.25, -0.2) is 0 Å². The fraction of sp³-hybridized carbons (Fsp3) is 0.452. The second-order valence-electron chi connectivity index (χ2n) is 16.1. The summed E-state index contributed by atoms with van der Waals surface area (Å²) in [5, 5.41) is 19.5. The van der Waals surface area contributed by atoms with Crippen LogP contribution in [0.1, 0.15) is 80.4 Å². The van der Waals surface area contributed by atoms with E-state index in [1.165, 1.54) is 0 Å². The van der Waals surface area contributed by atoms with Crippen molar-refractivity contribution in [2.45, 2.75) is 101 Å². The molecule has 0 radical (unpaired) electrons. The van der Waals surface area contributed by atoms with Crippen LogP contribution in [-0.4, -0.2) is 70.1 Å². The molecule has 8 rings (SSSR count). The third-order valence-electron chi connectivity index (χ3n) is 12.1. The van der Waals surface area contributed by atoms with Crippen molar-refractivity contribution in [3.05, 3.63) is 101 Å². The molecule has 12 nitrogen and oxygen atoms in total. The lowest BCUT2D eigenvalue weighted by molar-refractivity contribution is -0.146. The molecule has 5 atom stereocenters. The SMILES string of the molecule is C[C@@H]1[C@@H]([Si](C)(C)O)[C@H](CCn2cc([C@H](O)c3ccccc3)nn2)O[C@@]12C(=O)N(Cc1ccc(N3CCCCC3=O)cc1)c1ccc(N3CCCCC3=O)cc12. The van der Waals surface area contributed by atoms with Crippen molar-refractivity contribution in [2.24, 2.45) is 5.92 Å². The number of nitrogens with zero attached hydrogens (tertiary/aromatic N) is 6. The third kappa shape index (κ3) is 6.81. The van der Waals surface area contributed by atoms with Gasteiger partial charge in [-0.15, -0.1) is 5.10 Å². The molecule has 4 aliphatic heterocycles. The Balaban J connectivity index is 1.11. The zero-order chi connectivity index (χ0) is 38.5. The highest BCUT2D eigenvalue weighted by atomic mass is 28.4. The van der Waals surface area contributed by atoms with Crippen LogP contribution >= 0.6 is 0 Å². The summed E-state index contributed by atoms with van der Waals surface area (Å²) < 4.78 is 8.80. The number of carbonyl (C=O) groups is 3. The number of benzene rings is 3. The molecule has 1 aromatic heterocycles. The van der Waals surface area contributed by atoms with E-state index in [9.17, 15) is 19.5 Å². The van der Waals surface area contributed by atoms with Crippen LogP contribution in [0.25, 0.3) is 0 Å². The first-order valence-corrected chi connectivity index (χ1v) is 22.7. The molecule has 3 aromatic carbocycles. The number of anilines is 3. The van der Waals surface area contributed by atoms with Crippen LogP contribution in [0.2, 0.25) is 18.6 Å². The summed E-state index contributed by atoms with van der Waals surface area (Å²) >= 11 is 0. The highest BCUT2D eigenvalue weighted by molar-refractivity contribution is 6.71. The summed E-state index contributed by atoms with van der Waals surface area (Å²) in [4.78, 5) is 58.2. The Morgan fingerprint density at radius 1 is 0.891 bits per heavy atom. The fourth-order valence-electron chi connectivity index (χ4n) is 9.40. The van der Waals surface area contributed by atoms with E-state index in [2.05, 4.69) is 10.3 Å². The molecule has 1 spiro atoms. The molecule has 5 heterocycles. The minimum Gasteiger partial charge on any atom is -0.432 e. The van der Waals surface area contributed by atoms with Crippen molar-refractivity contribution in [2.75, 3.05) is 27.8 Å². The number of amides is 3. The summed E-state index contributed by atoms with van der Waals surface area (Å²) in [6.45, 7) is 7.85. The second-order valence-corrected chi connectivity index (χ2v) is 20.1. The molecule has 0 saturated carbocycles. The van der Waals surface area contributed by atoms with E-state index in [4.69, 9.17) is 4.74 Å². The second kappa shape index (κ2) is 14.8. The first kappa shape index (κ1) is 37.2. The van der Waals surface area contributed by atoms with Crippen LogP contribution in [0.3, 0.4) is 0 Å². The molecule has 2 N–H and O–H groups in total. The smallest absolute Gasteiger partial charge is 0.264 e. The van der Waals surface area contributed by atoms with Crippen LogP contribution < -0.4 is 14.7 Å². The van der Waals surface area contributed by atoms with E-state index < -0.39 is 26.1 Å². The number of fused-ring (bicyclic) bond motifs is 2. The van der Waals surface area contributed by atoms with E-state index >= 15 is 4.79 Å². The first-order valence-electron chi connectivity index (χ1n) is 19.6. The lowest BCUT2D eigenvalue weighted by Gasteiger charge is -2.33. The Morgan fingerprint density at radius 3 is 2.20 bits per heavy atom. The van der Waals surface area contributed by atoms with E-state index in [0.29, 0.717) is 51.1 Å². The van der Waals surface area contributed by atoms with Gasteiger partial charge in [-0.1, -0.05) is 54.6 Å². The normalized spacial score (nSPS) is 24.9. The van der Waals surface area contributed by atoms with Crippen molar-refractivity contribution >= 4 is 43.1 Å². The summed E-state index contributed by atoms with van der Waals surface area (Å²) in [6, 6.07) is 23.0. The van der Waals surface area contributed by atoms with Crippen molar-refractivity contribution < 1.29 is 29.0 Å². The number of aryl methyl sites for hydroxylation is 1. The van der Waals surface area contributed by atoms with Gasteiger partial charge in [0.25, 0.3) is 5.91 Å². The maximum absolute atomic E-state index is 15.2. The van der Waals surface area contributed by atoms with Crippen LogP contribution in [-0.2, 0) is 37.8 Å². The van der Waals surface area contributed by atoms with E-state index in [1.54, 1.807) is 15.8 Å². The molecular weight excluding hydrogens is 713 g/mol. The lowest BCUT2D eigenvalue weighted by Crippen LogP contribution is -2.46. The van der Waals surface area contributed by atoms with Crippen LogP contribution in [0.4, 0.5) is 17.1 Å². The van der Waals surface area contributed by atoms with Gasteiger partial charge in [-0.05, 0) is 86.7 Å². The molecule has 0 aliphatic carbocycles. The van der Waals surface area contributed by atoms with Crippen molar-refractivity contribution in [1.82, 2.24) is 15.0 Å². The van der Waals surface area contributed by atoms with Crippen LogP contribution in [0.5, 0.6) is 0 Å². The van der Waals surface area contributed by atoms with Gasteiger partial charge < -0.3 is 29.3 Å². The molecule has 3 saturated heterocycles. The number of carbonyl (C=O) groups excluding carboxylic acids is 3. The number of aliphatic hydroxyl groups is 1. The molecule has 4 aromatic rings. The molecule has 0 bridgehead atoms. The molecular formula is C42H50N6O6Si. The Labute approximate surface area is 322 Å². The number of aromatic nitrogens is 3. The molecule has 4 aliphatic rings. The molecule has 3 fully saturated rings. The maximum atomic E-state index is 15.2. The van der Waals surface area contributed by atoms with Crippen molar-refractivity contribution in [3.8, 4) is 0 Å². The zero-order valence-electron chi connectivity index (χ0n) is 31.8. The summed E-state index contributed by atoms with van der Waals surface area (Å²) in [6.07, 6.45) is 5.50. The number of piperidine rings is 2. The first-order chi connectivity index (χ1) is 26.5. The molecule has 55 heavy (non-hydrogen) atoms. The van der Waals surface area contributed by atoms with Crippen LogP contribution in [0.15, 0.2) is 79.0 Å². The molecule has 3 amide bonds. The predicted octanol–water partition coefficient (Wildman–Crippen LogP) is 5.83. The topological polar surface area (TPSA) is 141 Å². The summed E-state index contributed by atoms with van der Waals surface area (Å²) in [7, 11) is -2.95. The fourth-order valence-corrected chi connectivity index (χ4v) is 12.0. The number of aliphatic hydroxyl groups excluding tert-OH is 1. The highest BCUT2D eigenvalue weighted by Crippen LogP contribution is 2.60. The average Bonchev–Trinajstić information content (AvgIpc) is 3.85. The number of rotatable bonds is 10. The van der Waals surface area contributed by atoms with E-state index in [1.807, 2.05) is 103 Å². The zero-order valence-corrected chi connectivity index (χ0v) is 32.8. The van der Waals surface area contributed by atoms with E-state index in [-0.39, 0.29) is 29.2 Å². The molecule has 288 valence electrons. The maximum Gasteiger partial charge on any atom is 0.264 e. The van der Waals surface area contributed by atoms with Crippen LogP contribution in [0, 0.1) is 5.92 Å². The minimum absolute atomic E-state index is 0.0679. The minimum atomic E-state index is -2.95. The summed E-state index contributed by atoms with van der Waals surface area (Å²) in [5.41, 5.74) is 3.43. The third-order valence-corrected chi connectivity index (χ3v) is 14.6. The van der Waals surface area contributed by atoms with Gasteiger partial charge in [0, 0.05) is 60.9 Å². The Bertz CT molecular complexity index is 2070. The predicted molar refractivity (Wildman–Crippen MR) is 211 cm³/mol. The highest BCUT2D eigenvalue weighted by Gasteiger charge is 2.66. The molecule has 0 unspecified atom stereocenters. The Kier molecular flexibility index (Phi) is 9.99. The Morgan fingerprint density at radius 2 is 1.55 bits per heavy atom. The quantitative estimate of drug-likeness (QED) is 0.193. The summed E-state index contributed by atoms with van der Waals surface area (Å²) in [5.74, 6) is -0.370. The van der Waals surface area contributed by atoms with Crippen molar-refractivity contribution in [3.63, 3.8) is 0 Å². The van der Waals surface area contributed by atoms with Gasteiger partial charge in [-0.2, -0.15) is 0 Å². The molecule has 13 heteroatoms. The van der Waals surface area contributed by atoms with Gasteiger partial charge in [0.2, 0.25) is 11.8 Å². The monoisotopic (exact) mass is 762 g/mol. The number of hydrogen-bond acceptors (Lipinski definition) is 8. The van der Waals surface area contributed by atoms with Gasteiger partial charge >= 0.3 is 0 Å². The van der Waals surface area contributed by atoms with Gasteiger partial charge in [-0.3, -0.25) is 19.1 Å². The van der Waals surface area contributed by atoms with E-state index in [0.717, 1.165) is 59.4 Å².